The van der Waals surface area contributed by atoms with Crippen LogP contribution in [0.5, 0.6) is 11.5 Å². The van der Waals surface area contributed by atoms with Gasteiger partial charge in [-0.15, -0.1) is 0 Å². The van der Waals surface area contributed by atoms with Gasteiger partial charge >= 0.3 is 0 Å². The summed E-state index contributed by atoms with van der Waals surface area (Å²) in [5, 5.41) is 6.65. The van der Waals surface area contributed by atoms with Crippen molar-refractivity contribution in [3.8, 4) is 11.5 Å². The second-order valence-corrected chi connectivity index (χ2v) is 7.47. The minimum atomic E-state index is 0.246. The molecule has 0 aromatic heterocycles. The molecule has 0 aliphatic carbocycles. The first-order chi connectivity index (χ1) is 15.1. The van der Waals surface area contributed by atoms with Crippen LogP contribution in [0.3, 0.4) is 0 Å². The summed E-state index contributed by atoms with van der Waals surface area (Å²) in [6, 6.07) is 14.1. The molecule has 0 saturated carbocycles. The average Bonchev–Trinajstić information content (AvgIpc) is 3.20. The van der Waals surface area contributed by atoms with E-state index < -0.39 is 0 Å². The van der Waals surface area contributed by atoms with Gasteiger partial charge in [-0.05, 0) is 36.6 Å². The number of amides is 1. The van der Waals surface area contributed by atoms with Crippen LogP contribution in [0.4, 0.5) is 0 Å². The third-order valence-electron chi connectivity index (χ3n) is 5.24. The number of likely N-dealkylation sites (tertiary alicyclic amines) is 1. The molecule has 1 heterocycles. The van der Waals surface area contributed by atoms with E-state index in [9.17, 15) is 4.79 Å². The quantitative estimate of drug-likeness (QED) is 0.478. The Bertz CT molecular complexity index is 913. The number of aliphatic imine (C=N–C) groups is 1. The second kappa shape index (κ2) is 11.2. The Morgan fingerprint density at radius 1 is 1.10 bits per heavy atom. The Morgan fingerprint density at radius 3 is 2.65 bits per heavy atom. The zero-order chi connectivity index (χ0) is 22.1. The molecule has 0 spiro atoms. The molecule has 31 heavy (non-hydrogen) atoms. The minimum absolute atomic E-state index is 0.246. The average molecular weight is 425 g/mol. The van der Waals surface area contributed by atoms with Crippen LogP contribution >= 0.6 is 0 Å². The van der Waals surface area contributed by atoms with E-state index in [1.807, 2.05) is 36.1 Å². The smallest absolute Gasteiger partial charge is 0.222 e. The standard InChI is InChI=1S/C24H32N4O3/c1-4-25-24(27-16-20-10-11-21(30-2)14-22(20)31-3)26-15-18-7-5-8-19(13-18)17-28-12-6-9-23(28)29/h5,7-8,10-11,13-14H,4,6,9,12,15-17H2,1-3H3,(H2,25,26,27). The number of benzene rings is 2. The number of ether oxygens (including phenoxy) is 2. The number of nitrogens with zero attached hydrogens (tertiary/aromatic N) is 2. The van der Waals surface area contributed by atoms with E-state index in [1.54, 1.807) is 14.2 Å². The van der Waals surface area contributed by atoms with Crippen molar-refractivity contribution in [3.63, 3.8) is 0 Å². The zero-order valence-corrected chi connectivity index (χ0v) is 18.6. The Morgan fingerprint density at radius 2 is 1.94 bits per heavy atom. The van der Waals surface area contributed by atoms with Crippen LogP contribution in [0.2, 0.25) is 0 Å². The van der Waals surface area contributed by atoms with Gasteiger partial charge in [0.05, 0.1) is 20.8 Å². The lowest BCUT2D eigenvalue weighted by atomic mass is 10.1. The third kappa shape index (κ3) is 6.38. The second-order valence-electron chi connectivity index (χ2n) is 7.47. The van der Waals surface area contributed by atoms with Gasteiger partial charge in [-0.2, -0.15) is 0 Å². The lowest BCUT2D eigenvalue weighted by molar-refractivity contribution is -0.128. The van der Waals surface area contributed by atoms with E-state index in [1.165, 1.54) is 0 Å². The first-order valence-electron chi connectivity index (χ1n) is 10.7. The van der Waals surface area contributed by atoms with Crippen molar-refractivity contribution < 1.29 is 14.3 Å². The van der Waals surface area contributed by atoms with Gasteiger partial charge in [0.2, 0.25) is 5.91 Å². The Kier molecular flexibility index (Phi) is 8.15. The maximum absolute atomic E-state index is 11.9. The summed E-state index contributed by atoms with van der Waals surface area (Å²) >= 11 is 0. The third-order valence-corrected chi connectivity index (χ3v) is 5.24. The van der Waals surface area contributed by atoms with Crippen LogP contribution in [0.1, 0.15) is 36.5 Å². The highest BCUT2D eigenvalue weighted by atomic mass is 16.5. The van der Waals surface area contributed by atoms with Crippen molar-refractivity contribution in [2.24, 2.45) is 4.99 Å². The molecule has 1 saturated heterocycles. The van der Waals surface area contributed by atoms with Crippen LogP contribution in [0.15, 0.2) is 47.5 Å². The number of nitrogens with one attached hydrogen (secondary N) is 2. The number of hydrogen-bond acceptors (Lipinski definition) is 4. The summed E-state index contributed by atoms with van der Waals surface area (Å²) in [7, 11) is 3.29. The summed E-state index contributed by atoms with van der Waals surface area (Å²) < 4.78 is 10.7. The van der Waals surface area contributed by atoms with E-state index in [0.717, 1.165) is 53.7 Å². The Labute approximate surface area is 184 Å². The molecule has 2 aromatic carbocycles. The van der Waals surface area contributed by atoms with Crippen molar-refractivity contribution in [2.45, 2.75) is 39.4 Å². The first kappa shape index (κ1) is 22.5. The van der Waals surface area contributed by atoms with E-state index in [2.05, 4.69) is 28.8 Å². The highest BCUT2D eigenvalue weighted by Crippen LogP contribution is 2.24. The Hall–Kier alpha value is -3.22. The molecule has 166 valence electrons. The molecular weight excluding hydrogens is 392 g/mol. The predicted octanol–water partition coefficient (Wildman–Crippen LogP) is 3.08. The molecule has 0 unspecified atom stereocenters. The molecule has 7 heteroatoms. The van der Waals surface area contributed by atoms with E-state index in [0.29, 0.717) is 26.1 Å². The van der Waals surface area contributed by atoms with E-state index in [-0.39, 0.29) is 5.91 Å². The summed E-state index contributed by atoms with van der Waals surface area (Å²) in [6.07, 6.45) is 1.63. The van der Waals surface area contributed by atoms with Crippen LogP contribution in [0, 0.1) is 0 Å². The van der Waals surface area contributed by atoms with Gasteiger partial charge in [-0.3, -0.25) is 4.79 Å². The number of carbonyl (C=O) groups excluding carboxylic acids is 1. The van der Waals surface area contributed by atoms with Crippen molar-refractivity contribution in [2.75, 3.05) is 27.3 Å². The van der Waals surface area contributed by atoms with Gasteiger partial charge in [-0.1, -0.05) is 24.3 Å². The predicted molar refractivity (Wildman–Crippen MR) is 122 cm³/mol. The number of rotatable bonds is 9. The molecular formula is C24H32N4O3. The van der Waals surface area contributed by atoms with Crippen molar-refractivity contribution in [1.82, 2.24) is 15.5 Å². The summed E-state index contributed by atoms with van der Waals surface area (Å²) in [5.74, 6) is 2.51. The fourth-order valence-corrected chi connectivity index (χ4v) is 3.61. The van der Waals surface area contributed by atoms with E-state index >= 15 is 0 Å². The number of guanidine groups is 1. The minimum Gasteiger partial charge on any atom is -0.497 e. The maximum atomic E-state index is 11.9. The van der Waals surface area contributed by atoms with Crippen molar-refractivity contribution in [1.29, 1.82) is 0 Å². The van der Waals surface area contributed by atoms with Crippen LogP contribution < -0.4 is 20.1 Å². The molecule has 3 rings (SSSR count). The zero-order valence-electron chi connectivity index (χ0n) is 18.6. The fraction of sp³-hybridized carbons (Fsp3) is 0.417. The van der Waals surface area contributed by atoms with Crippen LogP contribution in [-0.2, 0) is 24.4 Å². The molecule has 1 aliphatic heterocycles. The maximum Gasteiger partial charge on any atom is 0.222 e. The number of hydrogen-bond donors (Lipinski definition) is 2. The molecule has 1 fully saturated rings. The lowest BCUT2D eigenvalue weighted by Crippen LogP contribution is -2.36. The molecule has 1 amide bonds. The molecule has 2 aromatic rings. The van der Waals surface area contributed by atoms with Gasteiger partial charge < -0.3 is 25.0 Å². The number of carbonyl (C=O) groups is 1. The molecule has 0 radical (unpaired) electrons. The van der Waals surface area contributed by atoms with E-state index in [4.69, 9.17) is 14.5 Å². The van der Waals surface area contributed by atoms with Gasteiger partial charge in [0.15, 0.2) is 5.96 Å². The molecule has 0 bridgehead atoms. The van der Waals surface area contributed by atoms with Crippen LogP contribution in [-0.4, -0.2) is 44.1 Å². The first-order valence-corrected chi connectivity index (χ1v) is 10.7. The van der Waals surface area contributed by atoms with Crippen LogP contribution in [0.25, 0.3) is 0 Å². The summed E-state index contributed by atoms with van der Waals surface area (Å²) in [6.45, 7) is 5.46. The van der Waals surface area contributed by atoms with Gasteiger partial charge in [-0.25, -0.2) is 4.99 Å². The Balaban J connectivity index is 1.63. The van der Waals surface area contributed by atoms with Crippen molar-refractivity contribution in [3.05, 3.63) is 59.2 Å². The monoisotopic (exact) mass is 424 g/mol. The highest BCUT2D eigenvalue weighted by molar-refractivity contribution is 5.80. The molecule has 7 nitrogen and oxygen atoms in total. The fourth-order valence-electron chi connectivity index (χ4n) is 3.61. The number of methoxy groups -OCH3 is 2. The topological polar surface area (TPSA) is 75.2 Å². The van der Waals surface area contributed by atoms with Crippen molar-refractivity contribution >= 4 is 11.9 Å². The van der Waals surface area contributed by atoms with Gasteiger partial charge in [0.1, 0.15) is 11.5 Å². The largest absolute Gasteiger partial charge is 0.497 e. The molecule has 0 atom stereocenters. The van der Waals surface area contributed by atoms with Gasteiger partial charge in [0, 0.05) is 44.2 Å². The summed E-state index contributed by atoms with van der Waals surface area (Å²) in [4.78, 5) is 18.5. The van der Waals surface area contributed by atoms with Gasteiger partial charge in [0.25, 0.3) is 0 Å². The molecule has 2 N–H and O–H groups in total. The lowest BCUT2D eigenvalue weighted by Gasteiger charge is -2.16. The normalized spacial score (nSPS) is 14.0. The summed E-state index contributed by atoms with van der Waals surface area (Å²) in [5.41, 5.74) is 3.28. The highest BCUT2D eigenvalue weighted by Gasteiger charge is 2.19. The SMILES string of the molecule is CCNC(=NCc1cccc(CN2CCCC2=O)c1)NCc1ccc(OC)cc1OC. The molecule has 1 aliphatic rings.